The number of fused-ring (bicyclic) bond motifs is 1. The Morgan fingerprint density at radius 2 is 1.92 bits per heavy atom. The zero-order chi connectivity index (χ0) is 17.3. The topological polar surface area (TPSA) is 92.9 Å². The maximum Gasteiger partial charge on any atom is 0.243 e. The number of morpholine rings is 1. The van der Waals surface area contributed by atoms with Gasteiger partial charge in [0.1, 0.15) is 0 Å². The molecule has 0 radical (unpaired) electrons. The molecule has 2 aliphatic heterocycles. The van der Waals surface area contributed by atoms with Gasteiger partial charge in [0.25, 0.3) is 0 Å². The number of nitrogens with two attached hydrogens (primary N) is 1. The molecule has 1 saturated heterocycles. The molecule has 0 bridgehead atoms. The zero-order valence-electron chi connectivity index (χ0n) is 13.8. The van der Waals surface area contributed by atoms with Crippen LogP contribution >= 0.6 is 0 Å². The third-order valence-electron chi connectivity index (χ3n) is 4.50. The lowest BCUT2D eigenvalue weighted by molar-refractivity contribution is -0.133. The maximum atomic E-state index is 12.7. The molecule has 0 aliphatic carbocycles. The van der Waals surface area contributed by atoms with Crippen LogP contribution in [-0.2, 0) is 32.5 Å². The van der Waals surface area contributed by atoms with Gasteiger partial charge >= 0.3 is 0 Å². The fourth-order valence-corrected chi connectivity index (χ4v) is 4.56. The van der Waals surface area contributed by atoms with Crippen molar-refractivity contribution in [3.05, 3.63) is 29.3 Å². The van der Waals surface area contributed by atoms with Crippen LogP contribution in [0.25, 0.3) is 0 Å². The Balaban J connectivity index is 1.82. The molecular formula is C16H23N3O4S. The molecule has 2 heterocycles. The molecule has 1 amide bonds. The molecule has 0 aromatic heterocycles. The monoisotopic (exact) mass is 353 g/mol. The van der Waals surface area contributed by atoms with Gasteiger partial charge in [0, 0.05) is 26.2 Å². The van der Waals surface area contributed by atoms with Gasteiger partial charge in [0.2, 0.25) is 15.9 Å². The summed E-state index contributed by atoms with van der Waals surface area (Å²) in [5, 5.41) is 0. The van der Waals surface area contributed by atoms with E-state index in [1.807, 2.05) is 6.07 Å². The number of amides is 1. The van der Waals surface area contributed by atoms with Crippen molar-refractivity contribution in [3.63, 3.8) is 0 Å². The highest BCUT2D eigenvalue weighted by atomic mass is 32.2. The van der Waals surface area contributed by atoms with Crippen LogP contribution in [0.3, 0.4) is 0 Å². The number of carbonyl (C=O) groups is 1. The number of benzene rings is 1. The predicted octanol–water partition coefficient (Wildman–Crippen LogP) is -0.0606. The fourth-order valence-electron chi connectivity index (χ4n) is 3.10. The Labute approximate surface area is 142 Å². The third kappa shape index (κ3) is 3.32. The number of carbonyl (C=O) groups excluding carboxylic acids is 1. The zero-order valence-corrected chi connectivity index (χ0v) is 14.6. The summed E-state index contributed by atoms with van der Waals surface area (Å²) in [5.74, 6) is -0.0781. The van der Waals surface area contributed by atoms with Crippen molar-refractivity contribution in [1.29, 1.82) is 0 Å². The normalized spacial score (nSPS) is 20.5. The first-order chi connectivity index (χ1) is 11.4. The van der Waals surface area contributed by atoms with Crippen LogP contribution in [0, 0.1) is 0 Å². The summed E-state index contributed by atoms with van der Waals surface area (Å²) in [6, 6.07) is 4.66. The Bertz CT molecular complexity index is 727. The highest BCUT2D eigenvalue weighted by Gasteiger charge is 2.28. The standard InChI is InChI=1S/C16H23N3O4S/c1-12(17)16(20)18-5-4-13-10-15(3-2-14(13)11-18)24(21,22)19-6-8-23-9-7-19/h2-3,10,12H,4-9,11,17H2,1H3/t12-/m1/s1. The van der Waals surface area contributed by atoms with Gasteiger partial charge in [-0.15, -0.1) is 0 Å². The van der Waals surface area contributed by atoms with Gasteiger partial charge in [-0.2, -0.15) is 4.31 Å². The number of hydrogen-bond acceptors (Lipinski definition) is 5. The first kappa shape index (κ1) is 17.3. The SMILES string of the molecule is C[C@@H](N)C(=O)N1CCc2cc(S(=O)(=O)N3CCOCC3)ccc2C1. The summed E-state index contributed by atoms with van der Waals surface area (Å²) in [4.78, 5) is 14.1. The predicted molar refractivity (Wildman–Crippen MR) is 88.8 cm³/mol. The molecule has 24 heavy (non-hydrogen) atoms. The molecule has 132 valence electrons. The van der Waals surface area contributed by atoms with Crippen LogP contribution in [0.5, 0.6) is 0 Å². The highest BCUT2D eigenvalue weighted by Crippen LogP contribution is 2.25. The van der Waals surface area contributed by atoms with Gasteiger partial charge in [-0.1, -0.05) is 6.07 Å². The summed E-state index contributed by atoms with van der Waals surface area (Å²) in [6.45, 7) is 4.35. The molecular weight excluding hydrogens is 330 g/mol. The van der Waals surface area contributed by atoms with E-state index in [1.54, 1.807) is 24.0 Å². The second-order valence-electron chi connectivity index (χ2n) is 6.25. The van der Waals surface area contributed by atoms with Gasteiger partial charge in [-0.3, -0.25) is 4.79 Å². The molecule has 1 atom stereocenters. The molecule has 3 rings (SSSR count). The van der Waals surface area contributed by atoms with Crippen LogP contribution in [0.2, 0.25) is 0 Å². The molecule has 0 saturated carbocycles. The quantitative estimate of drug-likeness (QED) is 0.822. The molecule has 0 spiro atoms. The molecule has 1 aromatic rings. The van der Waals surface area contributed by atoms with Crippen LogP contribution in [0.15, 0.2) is 23.1 Å². The second kappa shape index (κ2) is 6.79. The first-order valence-electron chi connectivity index (χ1n) is 8.13. The van der Waals surface area contributed by atoms with E-state index in [2.05, 4.69) is 0 Å². The van der Waals surface area contributed by atoms with Crippen molar-refractivity contribution in [3.8, 4) is 0 Å². The fraction of sp³-hybridized carbons (Fsp3) is 0.562. The van der Waals surface area contributed by atoms with Gasteiger partial charge < -0.3 is 15.4 Å². The minimum atomic E-state index is -3.49. The van der Waals surface area contributed by atoms with Crippen molar-refractivity contribution in [1.82, 2.24) is 9.21 Å². The summed E-state index contributed by atoms with van der Waals surface area (Å²) in [7, 11) is -3.49. The van der Waals surface area contributed by atoms with Crippen LogP contribution in [0.4, 0.5) is 0 Å². The Morgan fingerprint density at radius 3 is 2.58 bits per heavy atom. The van der Waals surface area contributed by atoms with Crippen LogP contribution in [0.1, 0.15) is 18.1 Å². The lowest BCUT2D eigenvalue weighted by Gasteiger charge is -2.31. The van der Waals surface area contributed by atoms with E-state index in [1.165, 1.54) is 4.31 Å². The summed E-state index contributed by atoms with van der Waals surface area (Å²) < 4.78 is 32.1. The minimum absolute atomic E-state index is 0.0781. The van der Waals surface area contributed by atoms with Crippen molar-refractivity contribution in [2.75, 3.05) is 32.8 Å². The van der Waals surface area contributed by atoms with Gasteiger partial charge in [-0.05, 0) is 36.6 Å². The number of rotatable bonds is 3. The summed E-state index contributed by atoms with van der Waals surface area (Å²) in [6.07, 6.45) is 0.639. The lowest BCUT2D eigenvalue weighted by Crippen LogP contribution is -2.44. The van der Waals surface area contributed by atoms with E-state index in [0.717, 1.165) is 11.1 Å². The molecule has 7 nitrogen and oxygen atoms in total. The molecule has 0 unspecified atom stereocenters. The maximum absolute atomic E-state index is 12.7. The van der Waals surface area contributed by atoms with Crippen molar-refractivity contribution < 1.29 is 17.9 Å². The summed E-state index contributed by atoms with van der Waals surface area (Å²) >= 11 is 0. The first-order valence-corrected chi connectivity index (χ1v) is 9.57. The number of nitrogens with zero attached hydrogens (tertiary/aromatic N) is 2. The van der Waals surface area contributed by atoms with E-state index in [9.17, 15) is 13.2 Å². The van der Waals surface area contributed by atoms with E-state index in [-0.39, 0.29) is 5.91 Å². The van der Waals surface area contributed by atoms with Crippen molar-refractivity contribution in [2.45, 2.75) is 30.8 Å². The smallest absolute Gasteiger partial charge is 0.243 e. The molecule has 2 N–H and O–H groups in total. The van der Waals surface area contributed by atoms with E-state index >= 15 is 0 Å². The Hall–Kier alpha value is -1.48. The van der Waals surface area contributed by atoms with Crippen LogP contribution in [-0.4, -0.2) is 62.4 Å². The average Bonchev–Trinajstić information content (AvgIpc) is 2.60. The second-order valence-corrected chi connectivity index (χ2v) is 8.18. The van der Waals surface area contributed by atoms with Crippen molar-refractivity contribution in [2.24, 2.45) is 5.73 Å². The highest BCUT2D eigenvalue weighted by molar-refractivity contribution is 7.89. The van der Waals surface area contributed by atoms with Gasteiger partial charge in [0.15, 0.2) is 0 Å². The average molecular weight is 353 g/mol. The molecule has 1 aromatic carbocycles. The Kier molecular flexibility index (Phi) is 4.91. The van der Waals surface area contributed by atoms with Gasteiger partial charge in [-0.25, -0.2) is 8.42 Å². The summed E-state index contributed by atoms with van der Waals surface area (Å²) in [5.41, 5.74) is 7.63. The van der Waals surface area contributed by atoms with E-state index < -0.39 is 16.1 Å². The van der Waals surface area contributed by atoms with Gasteiger partial charge in [0.05, 0.1) is 24.2 Å². The number of sulfonamides is 1. The number of hydrogen-bond donors (Lipinski definition) is 1. The number of ether oxygens (including phenoxy) is 1. The van der Waals surface area contributed by atoms with Crippen molar-refractivity contribution >= 4 is 15.9 Å². The van der Waals surface area contributed by atoms with E-state index in [4.69, 9.17) is 10.5 Å². The minimum Gasteiger partial charge on any atom is -0.379 e. The third-order valence-corrected chi connectivity index (χ3v) is 6.39. The molecule has 2 aliphatic rings. The Morgan fingerprint density at radius 1 is 1.21 bits per heavy atom. The molecule has 8 heteroatoms. The molecule has 1 fully saturated rings. The lowest BCUT2D eigenvalue weighted by atomic mass is 9.99. The van der Waals surface area contributed by atoms with E-state index in [0.29, 0.717) is 50.7 Å². The largest absolute Gasteiger partial charge is 0.379 e. The van der Waals surface area contributed by atoms with Crippen LogP contribution < -0.4 is 5.73 Å².